The summed E-state index contributed by atoms with van der Waals surface area (Å²) in [5, 5.41) is 0. The molecule has 0 aromatic heterocycles. The molecule has 0 saturated heterocycles. The molecule has 0 spiro atoms. The van der Waals surface area contributed by atoms with Gasteiger partial charge in [-0.2, -0.15) is 0 Å². The van der Waals surface area contributed by atoms with Gasteiger partial charge in [-0.25, -0.2) is 0 Å². The Morgan fingerprint density at radius 1 is 0.867 bits per heavy atom. The summed E-state index contributed by atoms with van der Waals surface area (Å²) >= 11 is 0. The second kappa shape index (κ2) is 2.96. The van der Waals surface area contributed by atoms with Crippen LogP contribution in [-0.4, -0.2) is 0 Å². The molecule has 0 aliphatic heterocycles. The van der Waals surface area contributed by atoms with Crippen molar-refractivity contribution in [3.8, 4) is 11.1 Å². The molecule has 0 saturated carbocycles. The fourth-order valence-electron chi connectivity index (χ4n) is 2.48. The summed E-state index contributed by atoms with van der Waals surface area (Å²) in [5.74, 6) is 0. The number of hydrogen-bond acceptors (Lipinski definition) is 0. The van der Waals surface area contributed by atoms with Crippen molar-refractivity contribution >= 4 is 0 Å². The van der Waals surface area contributed by atoms with Gasteiger partial charge in [0.15, 0.2) is 0 Å². The topological polar surface area (TPSA) is 0 Å². The van der Waals surface area contributed by atoms with Gasteiger partial charge in [-0.3, -0.25) is 0 Å². The Morgan fingerprint density at radius 3 is 2.53 bits per heavy atom. The Labute approximate surface area is 90.6 Å². The minimum absolute atomic E-state index is 1.11. The number of rotatable bonds is 0. The van der Waals surface area contributed by atoms with E-state index in [9.17, 15) is 0 Å². The van der Waals surface area contributed by atoms with Crippen LogP contribution in [0.4, 0.5) is 0 Å². The van der Waals surface area contributed by atoms with Crippen LogP contribution in [0.1, 0.15) is 22.3 Å². The Balaban J connectivity index is 2.31. The molecule has 0 atom stereocenters. The van der Waals surface area contributed by atoms with Crippen molar-refractivity contribution in [3.63, 3.8) is 0 Å². The van der Waals surface area contributed by atoms with Gasteiger partial charge in [-0.1, -0.05) is 36.4 Å². The Kier molecular flexibility index (Phi) is 1.72. The lowest BCUT2D eigenvalue weighted by Crippen LogP contribution is -1.89. The van der Waals surface area contributed by atoms with E-state index in [0.717, 1.165) is 6.42 Å². The van der Waals surface area contributed by atoms with E-state index in [1.165, 1.54) is 33.4 Å². The van der Waals surface area contributed by atoms with Crippen molar-refractivity contribution in [1.29, 1.82) is 0 Å². The minimum atomic E-state index is 1.11. The van der Waals surface area contributed by atoms with Gasteiger partial charge in [0, 0.05) is 0 Å². The van der Waals surface area contributed by atoms with E-state index in [1.54, 1.807) is 0 Å². The largest absolute Gasteiger partial charge is 0.0619 e. The van der Waals surface area contributed by atoms with E-state index in [0.29, 0.717) is 0 Å². The van der Waals surface area contributed by atoms with Crippen LogP contribution in [0.5, 0.6) is 0 Å². The smallest absolute Gasteiger partial charge is 0.00107 e. The van der Waals surface area contributed by atoms with Crippen molar-refractivity contribution < 1.29 is 0 Å². The van der Waals surface area contributed by atoms with E-state index in [-0.39, 0.29) is 0 Å². The molecule has 15 heavy (non-hydrogen) atoms. The molecule has 74 valence electrons. The fourth-order valence-corrected chi connectivity index (χ4v) is 2.48. The van der Waals surface area contributed by atoms with Gasteiger partial charge in [0.1, 0.15) is 0 Å². The molecule has 2 aromatic rings. The highest BCUT2D eigenvalue weighted by Crippen LogP contribution is 2.38. The van der Waals surface area contributed by atoms with Gasteiger partial charge in [0.25, 0.3) is 0 Å². The first kappa shape index (κ1) is 8.72. The van der Waals surface area contributed by atoms with E-state index >= 15 is 0 Å². The first-order valence-electron chi connectivity index (χ1n) is 5.45. The zero-order valence-electron chi connectivity index (χ0n) is 9.17. The molecular weight excluding hydrogens is 180 g/mol. The van der Waals surface area contributed by atoms with Crippen molar-refractivity contribution in [1.82, 2.24) is 0 Å². The molecule has 1 aliphatic carbocycles. The first-order chi connectivity index (χ1) is 7.27. The van der Waals surface area contributed by atoms with E-state index in [4.69, 9.17) is 0 Å². The molecule has 0 bridgehead atoms. The Bertz CT molecular complexity index is 536. The average molecular weight is 194 g/mol. The monoisotopic (exact) mass is 194 g/mol. The molecular formula is C15H14. The molecule has 3 rings (SSSR count). The standard InChI is InChI=1S/C15H14/c1-10-7-8-14-13-6-4-3-5-12(13)9-15(14)11(10)2/h3-8H,9H2,1-2H3. The van der Waals surface area contributed by atoms with Crippen molar-refractivity contribution in [2.45, 2.75) is 20.3 Å². The van der Waals surface area contributed by atoms with E-state index in [1.807, 2.05) is 0 Å². The van der Waals surface area contributed by atoms with Crippen LogP contribution in [0.2, 0.25) is 0 Å². The van der Waals surface area contributed by atoms with Gasteiger partial charge in [0.05, 0.1) is 0 Å². The third-order valence-electron chi connectivity index (χ3n) is 3.54. The highest BCUT2D eigenvalue weighted by atomic mass is 14.2. The summed E-state index contributed by atoms with van der Waals surface area (Å²) in [5.41, 5.74) is 8.73. The summed E-state index contributed by atoms with van der Waals surface area (Å²) < 4.78 is 0. The quantitative estimate of drug-likeness (QED) is 0.509. The predicted molar refractivity (Wildman–Crippen MR) is 64.2 cm³/mol. The first-order valence-corrected chi connectivity index (χ1v) is 5.45. The molecule has 0 heteroatoms. The maximum Gasteiger partial charge on any atom is -0.00107 e. The predicted octanol–water partition coefficient (Wildman–Crippen LogP) is 3.87. The zero-order valence-corrected chi connectivity index (χ0v) is 9.17. The van der Waals surface area contributed by atoms with Gasteiger partial charge in [-0.05, 0) is 53.6 Å². The lowest BCUT2D eigenvalue weighted by Gasteiger charge is -2.06. The molecule has 0 amide bonds. The summed E-state index contributed by atoms with van der Waals surface area (Å²) in [6.45, 7) is 4.43. The third kappa shape index (κ3) is 1.14. The van der Waals surface area contributed by atoms with Crippen LogP contribution in [-0.2, 0) is 6.42 Å². The van der Waals surface area contributed by atoms with Crippen LogP contribution in [0.3, 0.4) is 0 Å². The van der Waals surface area contributed by atoms with E-state index in [2.05, 4.69) is 50.2 Å². The van der Waals surface area contributed by atoms with Gasteiger partial charge >= 0.3 is 0 Å². The second-order valence-electron chi connectivity index (χ2n) is 4.37. The van der Waals surface area contributed by atoms with Crippen molar-refractivity contribution in [2.75, 3.05) is 0 Å². The van der Waals surface area contributed by atoms with Crippen LogP contribution < -0.4 is 0 Å². The SMILES string of the molecule is Cc1ccc2c(c1C)Cc1ccccc1-2. The zero-order chi connectivity index (χ0) is 10.4. The molecule has 0 unspecified atom stereocenters. The number of benzene rings is 2. The normalized spacial score (nSPS) is 12.4. The van der Waals surface area contributed by atoms with Crippen molar-refractivity contribution in [3.05, 3.63) is 58.7 Å². The maximum absolute atomic E-state index is 2.27. The molecule has 0 heterocycles. The number of aryl methyl sites for hydroxylation is 1. The fraction of sp³-hybridized carbons (Fsp3) is 0.200. The van der Waals surface area contributed by atoms with Crippen LogP contribution >= 0.6 is 0 Å². The van der Waals surface area contributed by atoms with E-state index < -0.39 is 0 Å². The summed E-state index contributed by atoms with van der Waals surface area (Å²) in [7, 11) is 0. The summed E-state index contributed by atoms with van der Waals surface area (Å²) in [6.07, 6.45) is 1.11. The molecule has 0 nitrogen and oxygen atoms in total. The molecule has 0 N–H and O–H groups in total. The maximum atomic E-state index is 2.27. The Hall–Kier alpha value is -1.56. The van der Waals surface area contributed by atoms with Crippen LogP contribution in [0, 0.1) is 13.8 Å². The third-order valence-corrected chi connectivity index (χ3v) is 3.54. The summed E-state index contributed by atoms with van der Waals surface area (Å²) in [4.78, 5) is 0. The highest BCUT2D eigenvalue weighted by molar-refractivity contribution is 5.78. The van der Waals surface area contributed by atoms with Crippen LogP contribution in [0.25, 0.3) is 11.1 Å². The molecule has 0 fully saturated rings. The average Bonchev–Trinajstić information content (AvgIpc) is 2.63. The van der Waals surface area contributed by atoms with Gasteiger partial charge < -0.3 is 0 Å². The second-order valence-corrected chi connectivity index (χ2v) is 4.37. The van der Waals surface area contributed by atoms with Crippen molar-refractivity contribution in [2.24, 2.45) is 0 Å². The number of fused-ring (bicyclic) bond motifs is 3. The molecule has 0 radical (unpaired) electrons. The number of hydrogen-bond donors (Lipinski definition) is 0. The lowest BCUT2D eigenvalue weighted by molar-refractivity contribution is 1.19. The van der Waals surface area contributed by atoms with Gasteiger partial charge in [-0.15, -0.1) is 0 Å². The minimum Gasteiger partial charge on any atom is -0.0619 e. The Morgan fingerprint density at radius 2 is 1.67 bits per heavy atom. The molecule has 2 aromatic carbocycles. The van der Waals surface area contributed by atoms with Crippen LogP contribution in [0.15, 0.2) is 36.4 Å². The lowest BCUT2D eigenvalue weighted by atomic mass is 9.98. The molecule has 1 aliphatic rings. The van der Waals surface area contributed by atoms with Gasteiger partial charge in [0.2, 0.25) is 0 Å². The summed E-state index contributed by atoms with van der Waals surface area (Å²) in [6, 6.07) is 13.2. The highest BCUT2D eigenvalue weighted by Gasteiger charge is 2.19.